The minimum Gasteiger partial charge on any atom is -0.478 e. The molecule has 3 aromatic rings. The zero-order valence-corrected chi connectivity index (χ0v) is 18.4. The first kappa shape index (κ1) is 25.1. The van der Waals surface area contributed by atoms with Gasteiger partial charge in [0.2, 0.25) is 5.88 Å². The molecule has 0 bridgehead atoms. The molecule has 2 aromatic carbocycles. The van der Waals surface area contributed by atoms with Crippen LogP contribution in [-0.2, 0) is 12.8 Å². The Morgan fingerprint density at radius 3 is 2.42 bits per heavy atom. The summed E-state index contributed by atoms with van der Waals surface area (Å²) in [5, 5.41) is 9.36. The fraction of sp³-hybridized carbons (Fsp3) is 0.200. The molecule has 0 radical (unpaired) electrons. The molecule has 5 nitrogen and oxygen atoms in total. The normalized spacial score (nSPS) is 13.8. The van der Waals surface area contributed by atoms with Crippen LogP contribution in [0.2, 0.25) is 0 Å². The summed E-state index contributed by atoms with van der Waals surface area (Å²) in [6, 6.07) is 6.23. The highest BCUT2D eigenvalue weighted by atomic mass is 19.4. The van der Waals surface area contributed by atoms with Gasteiger partial charge in [0.25, 0.3) is 0 Å². The molecule has 0 fully saturated rings. The maximum absolute atomic E-state index is 14.1. The molecule has 1 aliphatic carbocycles. The van der Waals surface area contributed by atoms with Crippen LogP contribution in [0.4, 0.5) is 32.0 Å². The Balaban J connectivity index is 1.83. The van der Waals surface area contributed by atoms with E-state index in [1.54, 1.807) is 0 Å². The van der Waals surface area contributed by atoms with Gasteiger partial charge in [0.1, 0.15) is 12.4 Å². The van der Waals surface area contributed by atoms with Crippen molar-refractivity contribution in [2.75, 3.05) is 5.73 Å². The molecule has 1 aromatic heterocycles. The quantitative estimate of drug-likeness (QED) is 0.226. The van der Waals surface area contributed by atoms with E-state index in [-0.39, 0.29) is 22.7 Å². The molecule has 0 unspecified atom stereocenters. The van der Waals surface area contributed by atoms with Gasteiger partial charge in [0, 0.05) is 17.4 Å². The number of anilines is 1. The monoisotopic (exact) mass is 508 g/mol. The lowest BCUT2D eigenvalue weighted by Gasteiger charge is -2.17. The number of allylic oxidation sites excluding steroid dienone is 2. The fourth-order valence-electron chi connectivity index (χ4n) is 4.09. The number of alkyl halides is 3. The zero-order chi connectivity index (χ0) is 26.2. The Bertz CT molecular complexity index is 1380. The molecule has 0 saturated carbocycles. The summed E-state index contributed by atoms with van der Waals surface area (Å²) in [7, 11) is 0. The van der Waals surface area contributed by atoms with E-state index in [0.29, 0.717) is 54.3 Å². The second-order valence-corrected chi connectivity index (χ2v) is 8.14. The van der Waals surface area contributed by atoms with Crippen molar-refractivity contribution in [3.8, 4) is 5.88 Å². The average Bonchev–Trinajstić information content (AvgIpc) is 3.30. The number of nitrogens with two attached hydrogens (primary N) is 1. The Hall–Kier alpha value is -4.02. The maximum atomic E-state index is 14.1. The minimum absolute atomic E-state index is 0.0751. The molecule has 188 valence electrons. The summed E-state index contributed by atoms with van der Waals surface area (Å²) in [6.45, 7) is -0.829. The molecular formula is C25H18F6N2O3. The summed E-state index contributed by atoms with van der Waals surface area (Å²) in [4.78, 5) is 15.2. The number of nitrogen functional groups attached to an aromatic ring is 1. The Morgan fingerprint density at radius 1 is 1.03 bits per heavy atom. The van der Waals surface area contributed by atoms with E-state index in [0.717, 1.165) is 6.07 Å². The van der Waals surface area contributed by atoms with Gasteiger partial charge in [0.15, 0.2) is 11.6 Å². The predicted octanol–water partition coefficient (Wildman–Crippen LogP) is 6.47. The number of carboxylic acid groups (broad SMARTS) is 1. The van der Waals surface area contributed by atoms with E-state index in [2.05, 4.69) is 4.98 Å². The number of carboxylic acids is 1. The van der Waals surface area contributed by atoms with Crippen molar-refractivity contribution in [3.63, 3.8) is 0 Å². The molecule has 0 spiro atoms. The lowest BCUT2D eigenvalue weighted by Crippen LogP contribution is -2.10. The van der Waals surface area contributed by atoms with Crippen molar-refractivity contribution in [2.24, 2.45) is 0 Å². The van der Waals surface area contributed by atoms with Gasteiger partial charge in [-0.2, -0.15) is 13.2 Å². The molecular weight excluding hydrogens is 490 g/mol. The molecule has 3 N–H and O–H groups in total. The van der Waals surface area contributed by atoms with Gasteiger partial charge in [-0.3, -0.25) is 0 Å². The van der Waals surface area contributed by atoms with E-state index in [1.807, 2.05) is 0 Å². The van der Waals surface area contributed by atoms with Crippen LogP contribution in [0.25, 0.3) is 11.1 Å². The summed E-state index contributed by atoms with van der Waals surface area (Å²) in [5.74, 6) is -5.46. The van der Waals surface area contributed by atoms with E-state index >= 15 is 0 Å². The van der Waals surface area contributed by atoms with Crippen LogP contribution in [0.15, 0.2) is 42.6 Å². The van der Waals surface area contributed by atoms with Crippen molar-refractivity contribution in [2.45, 2.75) is 32.0 Å². The van der Waals surface area contributed by atoms with Crippen molar-refractivity contribution >= 4 is 22.8 Å². The van der Waals surface area contributed by atoms with Crippen LogP contribution in [0.3, 0.4) is 0 Å². The van der Waals surface area contributed by atoms with Crippen LogP contribution in [0.5, 0.6) is 5.88 Å². The Kier molecular flexibility index (Phi) is 6.66. The van der Waals surface area contributed by atoms with Crippen LogP contribution >= 0.6 is 0 Å². The van der Waals surface area contributed by atoms with Gasteiger partial charge in [-0.25, -0.2) is 22.9 Å². The minimum atomic E-state index is -4.74. The lowest BCUT2D eigenvalue weighted by molar-refractivity contribution is -0.137. The number of hydrogen-bond acceptors (Lipinski definition) is 4. The molecule has 36 heavy (non-hydrogen) atoms. The summed E-state index contributed by atoms with van der Waals surface area (Å²) < 4.78 is 87.6. The SMILES string of the molecule is Nc1cc(C(=O)O)cc(C2=C(c3cc(C(F)(F)F)cnc3OCc3c(F)ccc(F)c3F)CCC2)c1. The molecule has 1 aliphatic rings. The number of carbonyl (C=O) groups is 1. The first-order chi connectivity index (χ1) is 17.0. The van der Waals surface area contributed by atoms with Crippen molar-refractivity contribution in [1.82, 2.24) is 4.98 Å². The van der Waals surface area contributed by atoms with Gasteiger partial charge in [0.05, 0.1) is 16.7 Å². The highest BCUT2D eigenvalue weighted by molar-refractivity contribution is 5.97. The lowest BCUT2D eigenvalue weighted by atomic mass is 9.95. The van der Waals surface area contributed by atoms with Crippen LogP contribution in [0.1, 0.15) is 51.9 Å². The van der Waals surface area contributed by atoms with E-state index in [4.69, 9.17) is 10.5 Å². The number of rotatable bonds is 6. The molecule has 0 aliphatic heterocycles. The molecule has 0 saturated heterocycles. The number of halogens is 6. The number of pyridine rings is 1. The summed E-state index contributed by atoms with van der Waals surface area (Å²) >= 11 is 0. The van der Waals surface area contributed by atoms with Crippen LogP contribution < -0.4 is 10.5 Å². The Morgan fingerprint density at radius 2 is 1.72 bits per heavy atom. The van der Waals surface area contributed by atoms with Gasteiger partial charge in [-0.05, 0) is 72.4 Å². The third-order valence-electron chi connectivity index (χ3n) is 5.76. The molecule has 0 amide bonds. The second-order valence-electron chi connectivity index (χ2n) is 8.14. The largest absolute Gasteiger partial charge is 0.478 e. The summed E-state index contributed by atoms with van der Waals surface area (Å²) in [6.07, 6.45) is -2.98. The number of aromatic carboxylic acids is 1. The van der Waals surface area contributed by atoms with Gasteiger partial charge >= 0.3 is 12.1 Å². The van der Waals surface area contributed by atoms with Crippen molar-refractivity contribution in [3.05, 3.63) is 87.9 Å². The van der Waals surface area contributed by atoms with Crippen molar-refractivity contribution in [1.29, 1.82) is 0 Å². The number of benzene rings is 2. The third kappa shape index (κ3) is 5.00. The number of hydrogen-bond donors (Lipinski definition) is 2. The topological polar surface area (TPSA) is 85.4 Å². The van der Waals surface area contributed by atoms with E-state index in [1.165, 1.54) is 18.2 Å². The standard InChI is InChI=1S/C25H18F6N2O3/c26-20-4-5-21(27)22(28)19(20)11-36-23-18(9-14(10-33-23)25(29,30)31)17-3-1-2-16(17)12-6-13(24(34)35)8-15(32)7-12/h4-10H,1-3,11,32H2,(H,34,35). The summed E-state index contributed by atoms with van der Waals surface area (Å²) in [5.41, 5.74) is 5.34. The number of ether oxygens (including phenoxy) is 1. The maximum Gasteiger partial charge on any atom is 0.417 e. The zero-order valence-electron chi connectivity index (χ0n) is 18.4. The first-order valence-corrected chi connectivity index (χ1v) is 10.6. The molecule has 4 rings (SSSR count). The van der Waals surface area contributed by atoms with Gasteiger partial charge in [-0.1, -0.05) is 0 Å². The highest BCUT2D eigenvalue weighted by Crippen LogP contribution is 2.44. The van der Waals surface area contributed by atoms with Crippen molar-refractivity contribution < 1.29 is 41.0 Å². The van der Waals surface area contributed by atoms with Gasteiger partial charge < -0.3 is 15.6 Å². The second kappa shape index (κ2) is 9.56. The smallest absolute Gasteiger partial charge is 0.417 e. The molecule has 11 heteroatoms. The number of nitrogens with zero attached hydrogens (tertiary/aromatic N) is 1. The van der Waals surface area contributed by atoms with E-state index in [9.17, 15) is 36.2 Å². The third-order valence-corrected chi connectivity index (χ3v) is 5.76. The van der Waals surface area contributed by atoms with Crippen LogP contribution in [0, 0.1) is 17.5 Å². The predicted molar refractivity (Wildman–Crippen MR) is 118 cm³/mol. The van der Waals surface area contributed by atoms with Gasteiger partial charge in [-0.15, -0.1) is 0 Å². The average molecular weight is 508 g/mol. The molecule has 1 heterocycles. The number of aromatic nitrogens is 1. The fourth-order valence-corrected chi connectivity index (χ4v) is 4.09. The first-order valence-electron chi connectivity index (χ1n) is 10.6. The van der Waals surface area contributed by atoms with E-state index < -0.39 is 47.3 Å². The molecule has 0 atom stereocenters. The highest BCUT2D eigenvalue weighted by Gasteiger charge is 2.33. The van der Waals surface area contributed by atoms with Crippen LogP contribution in [-0.4, -0.2) is 16.1 Å². The Labute approximate surface area is 200 Å².